The Morgan fingerprint density at radius 3 is 2.25 bits per heavy atom. The van der Waals surface area contributed by atoms with Crippen LogP contribution in [-0.4, -0.2) is 65.6 Å². The summed E-state index contributed by atoms with van der Waals surface area (Å²) in [5.74, 6) is -0.0352. The van der Waals surface area contributed by atoms with Crippen molar-refractivity contribution in [3.63, 3.8) is 0 Å². The van der Waals surface area contributed by atoms with Crippen molar-refractivity contribution < 1.29 is 14.6 Å². The van der Waals surface area contributed by atoms with Gasteiger partial charge in [0.2, 0.25) is 0 Å². The molecule has 3 aliphatic rings. The lowest BCUT2D eigenvalue weighted by Crippen LogP contribution is -2.54. The number of piperazine rings is 1. The molecule has 4 atom stereocenters. The van der Waals surface area contributed by atoms with E-state index in [1.807, 2.05) is 30.3 Å². The van der Waals surface area contributed by atoms with Crippen molar-refractivity contribution in [3.8, 4) is 0 Å². The molecule has 2 aromatic carbocycles. The average Bonchev–Trinajstić information content (AvgIpc) is 2.83. The van der Waals surface area contributed by atoms with Gasteiger partial charge in [0.05, 0.1) is 23.9 Å². The minimum Gasteiger partial charge on any atom is -0.496 e. The summed E-state index contributed by atoms with van der Waals surface area (Å²) in [5.41, 5.74) is 2.92. The summed E-state index contributed by atoms with van der Waals surface area (Å²) in [6.45, 7) is 5.76. The maximum atomic E-state index is 13.3. The molecule has 5 nitrogen and oxygen atoms in total. The topological polar surface area (TPSA) is 53.0 Å². The monoisotopic (exact) mass is 432 g/mol. The van der Waals surface area contributed by atoms with Crippen LogP contribution in [0.3, 0.4) is 0 Å². The van der Waals surface area contributed by atoms with Gasteiger partial charge in [0.25, 0.3) is 0 Å². The van der Waals surface area contributed by atoms with Gasteiger partial charge in [0, 0.05) is 45.2 Å². The number of allylic oxidation sites excluding steroid dienone is 1. The summed E-state index contributed by atoms with van der Waals surface area (Å²) in [7, 11) is 0. The van der Waals surface area contributed by atoms with Gasteiger partial charge in [0.1, 0.15) is 6.10 Å². The molecule has 1 saturated heterocycles. The number of ether oxygens (including phenoxy) is 1. The number of fused-ring (bicyclic) bond motifs is 1. The second-order valence-corrected chi connectivity index (χ2v) is 9.34. The Morgan fingerprint density at radius 2 is 1.53 bits per heavy atom. The van der Waals surface area contributed by atoms with Crippen LogP contribution >= 0.6 is 0 Å². The van der Waals surface area contributed by atoms with Gasteiger partial charge in [-0.15, -0.1) is 0 Å². The number of hydrogen-bond acceptors (Lipinski definition) is 5. The maximum Gasteiger partial charge on any atom is 0.173 e. The molecule has 2 aliphatic heterocycles. The van der Waals surface area contributed by atoms with Crippen molar-refractivity contribution in [2.45, 2.75) is 31.6 Å². The van der Waals surface area contributed by atoms with E-state index in [0.29, 0.717) is 18.4 Å². The number of rotatable bonds is 5. The Bertz CT molecular complexity index is 938. The van der Waals surface area contributed by atoms with Crippen molar-refractivity contribution >= 4 is 11.4 Å². The Hall–Kier alpha value is -2.47. The third-order valence-electron chi connectivity index (χ3n) is 7.30. The van der Waals surface area contributed by atoms with Crippen molar-refractivity contribution in [2.75, 3.05) is 32.7 Å². The summed E-state index contributed by atoms with van der Waals surface area (Å²) >= 11 is 0. The minimum atomic E-state index is -0.418. The molecular weight excluding hydrogens is 400 g/mol. The van der Waals surface area contributed by atoms with Gasteiger partial charge in [-0.25, -0.2) is 0 Å². The molecule has 0 amide bonds. The molecule has 4 unspecified atom stereocenters. The Labute approximate surface area is 190 Å². The summed E-state index contributed by atoms with van der Waals surface area (Å²) in [4.78, 5) is 18.2. The van der Waals surface area contributed by atoms with E-state index in [2.05, 4.69) is 40.1 Å². The van der Waals surface area contributed by atoms with E-state index in [1.165, 1.54) is 5.56 Å². The second kappa shape index (κ2) is 9.57. The van der Waals surface area contributed by atoms with Crippen LogP contribution in [0.5, 0.6) is 0 Å². The number of nitrogens with zero attached hydrogens (tertiary/aromatic N) is 2. The molecule has 1 N–H and O–H groups in total. The smallest absolute Gasteiger partial charge is 0.173 e. The number of carbonyl (C=O) groups excluding carboxylic acids is 1. The highest BCUT2D eigenvalue weighted by Gasteiger charge is 2.46. The third kappa shape index (κ3) is 4.51. The van der Waals surface area contributed by atoms with E-state index in [1.54, 1.807) is 6.26 Å². The third-order valence-corrected chi connectivity index (χ3v) is 7.30. The molecule has 0 bridgehead atoms. The number of carbonyl (C=O) groups is 1. The van der Waals surface area contributed by atoms with Crippen molar-refractivity contribution in [2.24, 2.45) is 11.8 Å². The SMILES string of the molecule is O=C1C(c2ccccc2)=COC2C1CCC(O)C2CN1CCN(Cc2ccccc2)CC1. The van der Waals surface area contributed by atoms with Crippen molar-refractivity contribution in [1.29, 1.82) is 0 Å². The highest BCUT2D eigenvalue weighted by atomic mass is 16.5. The van der Waals surface area contributed by atoms with Gasteiger partial charge in [-0.2, -0.15) is 0 Å². The second-order valence-electron chi connectivity index (χ2n) is 9.34. The van der Waals surface area contributed by atoms with Gasteiger partial charge in [-0.05, 0) is 24.0 Å². The maximum absolute atomic E-state index is 13.3. The van der Waals surface area contributed by atoms with Gasteiger partial charge in [-0.1, -0.05) is 60.7 Å². The predicted molar refractivity (Wildman–Crippen MR) is 125 cm³/mol. The molecule has 32 heavy (non-hydrogen) atoms. The standard InChI is InChI=1S/C27H32N2O3/c30-25-12-11-22-26(31)24(21-9-5-2-6-10-21)19-32-27(22)23(25)18-29-15-13-28(14-16-29)17-20-7-3-1-4-8-20/h1-10,19,22-23,25,27,30H,11-18H2. The molecule has 5 heteroatoms. The fourth-order valence-corrected chi connectivity index (χ4v) is 5.45. The number of benzene rings is 2. The lowest BCUT2D eigenvalue weighted by atomic mass is 9.72. The molecular formula is C27H32N2O3. The van der Waals surface area contributed by atoms with Crippen LogP contribution in [0.4, 0.5) is 0 Å². The van der Waals surface area contributed by atoms with E-state index in [0.717, 1.165) is 44.8 Å². The molecule has 2 aromatic rings. The lowest BCUT2D eigenvalue weighted by molar-refractivity contribution is -0.134. The Balaban J connectivity index is 1.22. The highest BCUT2D eigenvalue weighted by molar-refractivity contribution is 6.22. The molecule has 0 aromatic heterocycles. The molecule has 2 heterocycles. The molecule has 0 radical (unpaired) electrons. The first-order chi connectivity index (χ1) is 15.7. The molecule has 168 valence electrons. The van der Waals surface area contributed by atoms with E-state index in [-0.39, 0.29) is 23.7 Å². The van der Waals surface area contributed by atoms with Crippen LogP contribution < -0.4 is 0 Å². The summed E-state index contributed by atoms with van der Waals surface area (Å²) < 4.78 is 6.16. The first-order valence-corrected chi connectivity index (χ1v) is 11.8. The Morgan fingerprint density at radius 1 is 0.875 bits per heavy atom. The fourth-order valence-electron chi connectivity index (χ4n) is 5.45. The van der Waals surface area contributed by atoms with Crippen molar-refractivity contribution in [1.82, 2.24) is 9.80 Å². The summed E-state index contributed by atoms with van der Waals surface area (Å²) in [5, 5.41) is 10.8. The van der Waals surface area contributed by atoms with E-state index in [9.17, 15) is 9.90 Å². The molecule has 0 spiro atoms. The minimum absolute atomic E-state index is 0.0352. The molecule has 2 fully saturated rings. The normalized spacial score (nSPS) is 29.2. The first kappa shape index (κ1) is 21.4. The van der Waals surface area contributed by atoms with Crippen LogP contribution in [0.1, 0.15) is 24.0 Å². The molecule has 1 aliphatic carbocycles. The van der Waals surface area contributed by atoms with Gasteiger partial charge >= 0.3 is 0 Å². The van der Waals surface area contributed by atoms with Gasteiger partial charge < -0.3 is 14.7 Å². The van der Waals surface area contributed by atoms with Crippen LogP contribution in [0.15, 0.2) is 66.9 Å². The summed E-state index contributed by atoms with van der Waals surface area (Å²) in [6, 6.07) is 20.4. The van der Waals surface area contributed by atoms with Gasteiger partial charge in [-0.3, -0.25) is 9.69 Å². The van der Waals surface area contributed by atoms with Crippen LogP contribution in [0.25, 0.3) is 5.57 Å². The zero-order valence-corrected chi connectivity index (χ0v) is 18.5. The number of hydrogen-bond donors (Lipinski definition) is 1. The zero-order chi connectivity index (χ0) is 21.9. The first-order valence-electron chi connectivity index (χ1n) is 11.8. The quantitative estimate of drug-likeness (QED) is 0.787. The summed E-state index contributed by atoms with van der Waals surface area (Å²) in [6.07, 6.45) is 2.34. The number of Topliss-reactive ketones (excluding diaryl/α,β-unsaturated/α-hetero) is 1. The van der Waals surface area contributed by atoms with Crippen LogP contribution in [0.2, 0.25) is 0 Å². The van der Waals surface area contributed by atoms with E-state index in [4.69, 9.17) is 4.74 Å². The van der Waals surface area contributed by atoms with Crippen LogP contribution in [0, 0.1) is 11.8 Å². The van der Waals surface area contributed by atoms with Crippen LogP contribution in [-0.2, 0) is 16.1 Å². The average molecular weight is 433 g/mol. The van der Waals surface area contributed by atoms with Gasteiger partial charge in [0.15, 0.2) is 5.78 Å². The highest BCUT2D eigenvalue weighted by Crippen LogP contribution is 2.39. The molecule has 5 rings (SSSR count). The predicted octanol–water partition coefficient (Wildman–Crippen LogP) is 3.20. The Kier molecular flexibility index (Phi) is 6.39. The number of aliphatic hydroxyl groups excluding tert-OH is 1. The molecule has 1 saturated carbocycles. The van der Waals surface area contributed by atoms with E-state index < -0.39 is 6.10 Å². The largest absolute Gasteiger partial charge is 0.496 e. The number of ketones is 1. The lowest BCUT2D eigenvalue weighted by Gasteiger charge is -2.45. The number of aliphatic hydroxyl groups is 1. The fraction of sp³-hybridized carbons (Fsp3) is 0.444. The zero-order valence-electron chi connectivity index (χ0n) is 18.5. The van der Waals surface area contributed by atoms with E-state index >= 15 is 0 Å². The van der Waals surface area contributed by atoms with Crippen molar-refractivity contribution in [3.05, 3.63) is 78.1 Å².